The first-order valence-corrected chi connectivity index (χ1v) is 5.87. The van der Waals surface area contributed by atoms with Gasteiger partial charge in [-0.1, -0.05) is 45.3 Å². The first-order chi connectivity index (χ1) is 6.20. The molecule has 0 amide bonds. The van der Waals surface area contributed by atoms with E-state index < -0.39 is 0 Å². The Bertz CT molecular complexity index is 178. The summed E-state index contributed by atoms with van der Waals surface area (Å²) in [4.78, 5) is 0. The van der Waals surface area contributed by atoms with Crippen molar-refractivity contribution in [3.8, 4) is 0 Å². The second-order valence-electron chi connectivity index (χ2n) is 4.63. The zero-order valence-electron chi connectivity index (χ0n) is 9.64. The van der Waals surface area contributed by atoms with E-state index >= 15 is 0 Å². The van der Waals surface area contributed by atoms with Crippen LogP contribution in [0.5, 0.6) is 0 Å². The van der Waals surface area contributed by atoms with Crippen LogP contribution in [0.1, 0.15) is 53.4 Å². The van der Waals surface area contributed by atoms with Gasteiger partial charge in [-0.3, -0.25) is 0 Å². The maximum atomic E-state index is 2.42. The summed E-state index contributed by atoms with van der Waals surface area (Å²) in [5.41, 5.74) is 1.65. The molecule has 13 heavy (non-hydrogen) atoms. The van der Waals surface area contributed by atoms with E-state index in [0.717, 1.165) is 17.8 Å². The molecule has 0 aromatic heterocycles. The van der Waals surface area contributed by atoms with Crippen molar-refractivity contribution in [2.24, 2.45) is 17.8 Å². The molecule has 0 aromatic rings. The predicted octanol–water partition coefficient (Wildman–Crippen LogP) is 4.42. The second-order valence-corrected chi connectivity index (χ2v) is 4.63. The van der Waals surface area contributed by atoms with Gasteiger partial charge in [0, 0.05) is 0 Å². The maximum Gasteiger partial charge on any atom is -0.0172 e. The Morgan fingerprint density at radius 2 is 2.15 bits per heavy atom. The van der Waals surface area contributed by atoms with Crippen LogP contribution in [0.15, 0.2) is 11.6 Å². The number of hydrogen-bond donors (Lipinski definition) is 0. The molecule has 0 N–H and O–H groups in total. The van der Waals surface area contributed by atoms with Gasteiger partial charge in [0.2, 0.25) is 0 Å². The average molecular weight is 180 g/mol. The molecular formula is C13H24. The van der Waals surface area contributed by atoms with Crippen LogP contribution in [0, 0.1) is 17.8 Å². The van der Waals surface area contributed by atoms with Crippen LogP contribution in [-0.2, 0) is 0 Å². The summed E-state index contributed by atoms with van der Waals surface area (Å²) in [7, 11) is 0. The van der Waals surface area contributed by atoms with Crippen LogP contribution >= 0.6 is 0 Å². The number of allylic oxidation sites excluding steroid dienone is 2. The van der Waals surface area contributed by atoms with Gasteiger partial charge in [-0.05, 0) is 37.5 Å². The van der Waals surface area contributed by atoms with Crippen LogP contribution in [0.25, 0.3) is 0 Å². The Labute approximate surface area is 83.4 Å². The standard InChI is InChI=1S/C13H24/c1-5-7-10(3)12-9-13(12)11(4)8-6-2/h7,11-13H,5-6,8-9H2,1-4H3. The lowest BCUT2D eigenvalue weighted by Crippen LogP contribution is -1.99. The van der Waals surface area contributed by atoms with Crippen molar-refractivity contribution in [3.63, 3.8) is 0 Å². The first kappa shape index (κ1) is 10.8. The van der Waals surface area contributed by atoms with Crippen molar-refractivity contribution in [1.29, 1.82) is 0 Å². The van der Waals surface area contributed by atoms with E-state index in [1.165, 1.54) is 25.7 Å². The third-order valence-corrected chi connectivity index (χ3v) is 3.43. The first-order valence-electron chi connectivity index (χ1n) is 5.87. The van der Waals surface area contributed by atoms with Crippen LogP contribution in [0.4, 0.5) is 0 Å². The molecule has 0 aliphatic heterocycles. The topological polar surface area (TPSA) is 0 Å². The Kier molecular flexibility index (Phi) is 4.02. The summed E-state index contributed by atoms with van der Waals surface area (Å²) in [6.07, 6.45) is 7.84. The van der Waals surface area contributed by atoms with Gasteiger partial charge in [-0.25, -0.2) is 0 Å². The molecule has 1 rings (SSSR count). The molecule has 0 saturated heterocycles. The summed E-state index contributed by atoms with van der Waals surface area (Å²) < 4.78 is 0. The smallest absolute Gasteiger partial charge is 0.0172 e. The van der Waals surface area contributed by atoms with Crippen molar-refractivity contribution < 1.29 is 0 Å². The predicted molar refractivity (Wildman–Crippen MR) is 59.7 cm³/mol. The van der Waals surface area contributed by atoms with Crippen molar-refractivity contribution in [2.75, 3.05) is 0 Å². The fourth-order valence-electron chi connectivity index (χ4n) is 2.51. The lowest BCUT2D eigenvalue weighted by molar-refractivity contribution is 0.447. The van der Waals surface area contributed by atoms with Crippen LogP contribution in [0.3, 0.4) is 0 Å². The van der Waals surface area contributed by atoms with Crippen LogP contribution < -0.4 is 0 Å². The molecule has 1 aliphatic rings. The molecule has 0 spiro atoms. The zero-order valence-corrected chi connectivity index (χ0v) is 9.64. The molecular weight excluding hydrogens is 156 g/mol. The minimum Gasteiger partial charge on any atom is -0.0856 e. The fourth-order valence-corrected chi connectivity index (χ4v) is 2.51. The van der Waals surface area contributed by atoms with Gasteiger partial charge in [0.25, 0.3) is 0 Å². The highest BCUT2D eigenvalue weighted by Crippen LogP contribution is 2.49. The summed E-state index contributed by atoms with van der Waals surface area (Å²) in [6, 6.07) is 0. The van der Waals surface area contributed by atoms with E-state index in [4.69, 9.17) is 0 Å². The average Bonchev–Trinajstić information content (AvgIpc) is 2.84. The van der Waals surface area contributed by atoms with Gasteiger partial charge < -0.3 is 0 Å². The fraction of sp³-hybridized carbons (Fsp3) is 0.846. The van der Waals surface area contributed by atoms with Gasteiger partial charge in [0.1, 0.15) is 0 Å². The summed E-state index contributed by atoms with van der Waals surface area (Å²) >= 11 is 0. The van der Waals surface area contributed by atoms with E-state index in [2.05, 4.69) is 33.8 Å². The molecule has 1 aliphatic carbocycles. The highest BCUT2D eigenvalue weighted by Gasteiger charge is 2.40. The molecule has 76 valence electrons. The Balaban J connectivity index is 2.33. The van der Waals surface area contributed by atoms with Crippen molar-refractivity contribution >= 4 is 0 Å². The maximum absolute atomic E-state index is 2.42. The van der Waals surface area contributed by atoms with Crippen LogP contribution in [-0.4, -0.2) is 0 Å². The Morgan fingerprint density at radius 3 is 2.69 bits per heavy atom. The minimum atomic E-state index is 0.946. The lowest BCUT2D eigenvalue weighted by atomic mass is 9.97. The molecule has 3 unspecified atom stereocenters. The van der Waals surface area contributed by atoms with E-state index in [0.29, 0.717) is 0 Å². The van der Waals surface area contributed by atoms with Gasteiger partial charge >= 0.3 is 0 Å². The van der Waals surface area contributed by atoms with Gasteiger partial charge in [-0.2, -0.15) is 0 Å². The summed E-state index contributed by atoms with van der Waals surface area (Å²) in [5, 5.41) is 0. The lowest BCUT2D eigenvalue weighted by Gasteiger charge is -2.09. The van der Waals surface area contributed by atoms with Crippen molar-refractivity contribution in [3.05, 3.63) is 11.6 Å². The highest BCUT2D eigenvalue weighted by molar-refractivity contribution is 5.13. The van der Waals surface area contributed by atoms with Crippen molar-refractivity contribution in [2.45, 2.75) is 53.4 Å². The van der Waals surface area contributed by atoms with Gasteiger partial charge in [-0.15, -0.1) is 0 Å². The van der Waals surface area contributed by atoms with Gasteiger partial charge in [0.15, 0.2) is 0 Å². The third-order valence-electron chi connectivity index (χ3n) is 3.43. The largest absolute Gasteiger partial charge is 0.0856 e. The monoisotopic (exact) mass is 180 g/mol. The number of rotatable bonds is 5. The van der Waals surface area contributed by atoms with Crippen LogP contribution in [0.2, 0.25) is 0 Å². The summed E-state index contributed by atoms with van der Waals surface area (Å²) in [6.45, 7) is 9.26. The van der Waals surface area contributed by atoms with E-state index in [1.807, 2.05) is 0 Å². The molecule has 1 fully saturated rings. The summed E-state index contributed by atoms with van der Waals surface area (Å²) in [5.74, 6) is 2.92. The van der Waals surface area contributed by atoms with E-state index in [9.17, 15) is 0 Å². The van der Waals surface area contributed by atoms with Gasteiger partial charge in [0.05, 0.1) is 0 Å². The number of hydrogen-bond acceptors (Lipinski definition) is 0. The molecule has 3 atom stereocenters. The second kappa shape index (κ2) is 4.83. The van der Waals surface area contributed by atoms with Crippen molar-refractivity contribution in [1.82, 2.24) is 0 Å². The quantitative estimate of drug-likeness (QED) is 0.550. The molecule has 0 heterocycles. The van der Waals surface area contributed by atoms with E-state index in [-0.39, 0.29) is 0 Å². The van der Waals surface area contributed by atoms with E-state index in [1.54, 1.807) is 5.57 Å². The zero-order chi connectivity index (χ0) is 9.84. The highest BCUT2D eigenvalue weighted by atomic mass is 14.5. The molecule has 0 heteroatoms. The Hall–Kier alpha value is -0.260. The molecule has 0 radical (unpaired) electrons. The Morgan fingerprint density at radius 1 is 1.46 bits per heavy atom. The molecule has 1 saturated carbocycles. The molecule has 0 nitrogen and oxygen atoms in total. The normalized spacial score (nSPS) is 30.3. The molecule has 0 aromatic carbocycles. The SMILES string of the molecule is CCC=C(C)C1CC1C(C)CCC. The third kappa shape index (κ3) is 2.86. The molecule has 0 bridgehead atoms. The minimum absolute atomic E-state index is 0.946.